The molecule has 23 heavy (non-hydrogen) atoms. The van der Waals surface area contributed by atoms with E-state index in [1.807, 2.05) is 12.1 Å². The Morgan fingerprint density at radius 2 is 1.65 bits per heavy atom. The van der Waals surface area contributed by atoms with Crippen molar-refractivity contribution in [3.8, 4) is 0 Å². The summed E-state index contributed by atoms with van der Waals surface area (Å²) < 4.78 is 0. The van der Waals surface area contributed by atoms with Crippen LogP contribution in [0.5, 0.6) is 0 Å². The quantitative estimate of drug-likeness (QED) is 0.891. The van der Waals surface area contributed by atoms with E-state index in [-0.39, 0.29) is 17.7 Å². The van der Waals surface area contributed by atoms with Gasteiger partial charge in [0, 0.05) is 19.0 Å². The third kappa shape index (κ3) is 4.20. The van der Waals surface area contributed by atoms with Crippen LogP contribution >= 0.6 is 0 Å². The summed E-state index contributed by atoms with van der Waals surface area (Å²) in [6, 6.07) is 20.8. The topological polar surface area (TPSA) is 41.1 Å². The maximum absolute atomic E-state index is 12.4. The summed E-state index contributed by atoms with van der Waals surface area (Å²) in [4.78, 5) is 12.4. The summed E-state index contributed by atoms with van der Waals surface area (Å²) in [7, 11) is 0. The lowest BCUT2D eigenvalue weighted by atomic mass is 9.91. The molecule has 2 N–H and O–H groups in total. The molecular weight excluding hydrogens is 284 g/mol. The van der Waals surface area contributed by atoms with Crippen LogP contribution in [0.3, 0.4) is 0 Å². The van der Waals surface area contributed by atoms with Crippen molar-refractivity contribution >= 4 is 5.91 Å². The molecule has 0 spiro atoms. The van der Waals surface area contributed by atoms with E-state index in [0.717, 1.165) is 25.9 Å². The number of hydrogen-bond acceptors (Lipinski definition) is 2. The van der Waals surface area contributed by atoms with Crippen LogP contribution < -0.4 is 10.6 Å². The van der Waals surface area contributed by atoms with E-state index in [1.54, 1.807) is 0 Å². The molecule has 1 aliphatic heterocycles. The minimum Gasteiger partial charge on any atom is -0.355 e. The van der Waals surface area contributed by atoms with Crippen LogP contribution in [0.2, 0.25) is 0 Å². The van der Waals surface area contributed by atoms with Gasteiger partial charge in [-0.05, 0) is 30.5 Å². The summed E-state index contributed by atoms with van der Waals surface area (Å²) in [5, 5.41) is 6.48. The van der Waals surface area contributed by atoms with Crippen molar-refractivity contribution in [3.63, 3.8) is 0 Å². The third-order valence-electron chi connectivity index (χ3n) is 4.55. The number of hydrogen-bond donors (Lipinski definition) is 2. The molecule has 1 saturated heterocycles. The second-order valence-electron chi connectivity index (χ2n) is 6.16. The summed E-state index contributed by atoms with van der Waals surface area (Å²) in [6.45, 7) is 2.47. The maximum atomic E-state index is 12.4. The van der Waals surface area contributed by atoms with Crippen LogP contribution in [0.15, 0.2) is 60.7 Å². The summed E-state index contributed by atoms with van der Waals surface area (Å²) in [5.41, 5.74) is 2.47. The molecule has 1 heterocycles. The van der Waals surface area contributed by atoms with E-state index >= 15 is 0 Å². The van der Waals surface area contributed by atoms with E-state index in [0.29, 0.717) is 6.54 Å². The lowest BCUT2D eigenvalue weighted by molar-refractivity contribution is -0.125. The van der Waals surface area contributed by atoms with Crippen molar-refractivity contribution in [1.82, 2.24) is 10.6 Å². The van der Waals surface area contributed by atoms with Crippen LogP contribution in [-0.4, -0.2) is 25.5 Å². The monoisotopic (exact) mass is 308 g/mol. The molecule has 1 atom stereocenters. The molecular formula is C20H24N2O. The predicted octanol–water partition coefficient (Wildman–Crippen LogP) is 2.93. The molecule has 3 rings (SSSR count). The number of benzene rings is 2. The first kappa shape index (κ1) is 15.8. The average Bonchev–Trinajstić information content (AvgIpc) is 2.64. The second-order valence-corrected chi connectivity index (χ2v) is 6.16. The SMILES string of the molecule is O=C(NCC(c1ccccc1)c1ccccc1)C1CCCNC1. The van der Waals surface area contributed by atoms with Crippen molar-refractivity contribution in [2.75, 3.05) is 19.6 Å². The number of nitrogens with one attached hydrogen (secondary N) is 2. The molecule has 1 aliphatic rings. The van der Waals surface area contributed by atoms with Gasteiger partial charge in [0.05, 0.1) is 5.92 Å². The standard InChI is InChI=1S/C20H24N2O/c23-20(18-12-7-13-21-14-18)22-15-19(16-8-3-1-4-9-16)17-10-5-2-6-11-17/h1-6,8-11,18-19,21H,7,12-15H2,(H,22,23). The molecule has 0 radical (unpaired) electrons. The predicted molar refractivity (Wildman–Crippen MR) is 93.3 cm³/mol. The summed E-state index contributed by atoms with van der Waals surface area (Å²) >= 11 is 0. The Balaban J connectivity index is 1.70. The largest absolute Gasteiger partial charge is 0.355 e. The van der Waals surface area contributed by atoms with E-state index in [2.05, 4.69) is 59.2 Å². The fraction of sp³-hybridized carbons (Fsp3) is 0.350. The molecule has 0 bridgehead atoms. The van der Waals surface area contributed by atoms with Gasteiger partial charge in [0.2, 0.25) is 5.91 Å². The Bertz CT molecular complexity index is 567. The number of amides is 1. The fourth-order valence-electron chi connectivity index (χ4n) is 3.22. The zero-order chi connectivity index (χ0) is 15.9. The zero-order valence-electron chi connectivity index (χ0n) is 13.4. The molecule has 2 aromatic rings. The van der Waals surface area contributed by atoms with E-state index in [4.69, 9.17) is 0 Å². The van der Waals surface area contributed by atoms with Gasteiger partial charge in [-0.3, -0.25) is 4.79 Å². The molecule has 0 saturated carbocycles. The number of carbonyl (C=O) groups excluding carboxylic acids is 1. The van der Waals surface area contributed by atoms with Gasteiger partial charge in [-0.15, -0.1) is 0 Å². The fourth-order valence-corrected chi connectivity index (χ4v) is 3.22. The summed E-state index contributed by atoms with van der Waals surface area (Å²) in [6.07, 6.45) is 2.07. The van der Waals surface area contributed by atoms with Gasteiger partial charge < -0.3 is 10.6 Å². The van der Waals surface area contributed by atoms with Crippen LogP contribution in [-0.2, 0) is 4.79 Å². The Labute approximate surface area is 138 Å². The molecule has 0 aliphatic carbocycles. The first-order chi connectivity index (χ1) is 11.3. The van der Waals surface area contributed by atoms with Crippen molar-refractivity contribution < 1.29 is 4.79 Å². The van der Waals surface area contributed by atoms with Gasteiger partial charge in [-0.1, -0.05) is 60.7 Å². The van der Waals surface area contributed by atoms with Crippen molar-refractivity contribution in [2.24, 2.45) is 5.92 Å². The molecule has 3 heteroatoms. The van der Waals surface area contributed by atoms with E-state index < -0.39 is 0 Å². The molecule has 120 valence electrons. The highest BCUT2D eigenvalue weighted by Crippen LogP contribution is 2.24. The van der Waals surface area contributed by atoms with Gasteiger partial charge in [0.15, 0.2) is 0 Å². The Morgan fingerprint density at radius 3 is 2.17 bits per heavy atom. The van der Waals surface area contributed by atoms with E-state index in [1.165, 1.54) is 11.1 Å². The van der Waals surface area contributed by atoms with Crippen LogP contribution in [0.4, 0.5) is 0 Å². The molecule has 1 amide bonds. The normalized spacial score (nSPS) is 17.9. The Morgan fingerprint density at radius 1 is 1.04 bits per heavy atom. The zero-order valence-corrected chi connectivity index (χ0v) is 13.4. The average molecular weight is 308 g/mol. The lowest BCUT2D eigenvalue weighted by Crippen LogP contribution is -2.41. The molecule has 1 fully saturated rings. The molecule has 3 nitrogen and oxygen atoms in total. The van der Waals surface area contributed by atoms with Crippen LogP contribution in [0.25, 0.3) is 0 Å². The number of rotatable bonds is 5. The van der Waals surface area contributed by atoms with Gasteiger partial charge in [0.1, 0.15) is 0 Å². The number of carbonyl (C=O) groups is 1. The van der Waals surface area contributed by atoms with Gasteiger partial charge in [-0.2, -0.15) is 0 Å². The minimum absolute atomic E-state index is 0.107. The Hall–Kier alpha value is -2.13. The molecule has 2 aromatic carbocycles. The maximum Gasteiger partial charge on any atom is 0.224 e. The first-order valence-electron chi connectivity index (χ1n) is 8.43. The second kappa shape index (κ2) is 7.93. The van der Waals surface area contributed by atoms with Crippen LogP contribution in [0, 0.1) is 5.92 Å². The highest BCUT2D eigenvalue weighted by molar-refractivity contribution is 5.79. The highest BCUT2D eigenvalue weighted by atomic mass is 16.1. The van der Waals surface area contributed by atoms with E-state index in [9.17, 15) is 4.79 Å². The third-order valence-corrected chi connectivity index (χ3v) is 4.55. The lowest BCUT2D eigenvalue weighted by Gasteiger charge is -2.24. The van der Waals surface area contributed by atoms with Crippen molar-refractivity contribution in [2.45, 2.75) is 18.8 Å². The highest BCUT2D eigenvalue weighted by Gasteiger charge is 2.22. The molecule has 1 unspecified atom stereocenters. The number of piperidine rings is 1. The summed E-state index contributed by atoms with van der Waals surface area (Å²) in [5.74, 6) is 0.475. The first-order valence-corrected chi connectivity index (χ1v) is 8.43. The molecule has 0 aromatic heterocycles. The van der Waals surface area contributed by atoms with Gasteiger partial charge >= 0.3 is 0 Å². The minimum atomic E-state index is 0.107. The van der Waals surface area contributed by atoms with Crippen LogP contribution in [0.1, 0.15) is 29.9 Å². The van der Waals surface area contributed by atoms with Gasteiger partial charge in [0.25, 0.3) is 0 Å². The van der Waals surface area contributed by atoms with Gasteiger partial charge in [-0.25, -0.2) is 0 Å². The Kier molecular flexibility index (Phi) is 5.43. The van der Waals surface area contributed by atoms with Crippen molar-refractivity contribution in [1.29, 1.82) is 0 Å². The van der Waals surface area contributed by atoms with Crippen molar-refractivity contribution in [3.05, 3.63) is 71.8 Å². The smallest absolute Gasteiger partial charge is 0.224 e.